The second-order valence-electron chi connectivity index (χ2n) is 5.80. The predicted octanol–water partition coefficient (Wildman–Crippen LogP) is 3.96. The van der Waals surface area contributed by atoms with Gasteiger partial charge in [-0.15, -0.1) is 0 Å². The average Bonchev–Trinajstić information content (AvgIpc) is 2.76. The highest BCUT2D eigenvalue weighted by molar-refractivity contribution is 5.72. The maximum Gasteiger partial charge on any atom is 0.164 e. The van der Waals surface area contributed by atoms with E-state index in [0.717, 1.165) is 34.2 Å². The van der Waals surface area contributed by atoms with Crippen molar-refractivity contribution < 1.29 is 14.2 Å². The normalized spacial score (nSPS) is 22.8. The van der Waals surface area contributed by atoms with E-state index >= 15 is 0 Å². The molecule has 2 atom stereocenters. The lowest BCUT2D eigenvalue weighted by molar-refractivity contribution is 0.0754. The second kappa shape index (κ2) is 4.81. The lowest BCUT2D eigenvalue weighted by Gasteiger charge is -2.32. The molecule has 2 aromatic rings. The minimum Gasteiger partial charge on any atom is -0.487 e. The van der Waals surface area contributed by atoms with Crippen LogP contribution >= 0.6 is 0 Å². The molecule has 0 saturated carbocycles. The summed E-state index contributed by atoms with van der Waals surface area (Å²) >= 11 is 0. The van der Waals surface area contributed by atoms with Crippen LogP contribution in [0.5, 0.6) is 17.2 Å². The highest BCUT2D eigenvalue weighted by Gasteiger charge is 2.30. The third-order valence-electron chi connectivity index (χ3n) is 4.27. The minimum atomic E-state index is -0.0696. The summed E-state index contributed by atoms with van der Waals surface area (Å²) in [6.45, 7) is 0.500. The lowest BCUT2D eigenvalue weighted by Crippen LogP contribution is -2.38. The smallest absolute Gasteiger partial charge is 0.164 e. The Balaban J connectivity index is 1.55. The summed E-state index contributed by atoms with van der Waals surface area (Å²) in [5, 5.41) is 3.43. The van der Waals surface area contributed by atoms with Crippen molar-refractivity contribution >= 4 is 11.4 Å². The molecule has 0 aromatic heterocycles. The molecular formula is C19H15NO3. The van der Waals surface area contributed by atoms with Gasteiger partial charge in [0.05, 0.1) is 5.69 Å². The summed E-state index contributed by atoms with van der Waals surface area (Å²) in [6.07, 6.45) is 7.87. The van der Waals surface area contributed by atoms with Crippen LogP contribution < -0.4 is 19.5 Å². The van der Waals surface area contributed by atoms with Gasteiger partial charge >= 0.3 is 0 Å². The topological polar surface area (TPSA) is 39.7 Å². The molecule has 2 heterocycles. The van der Waals surface area contributed by atoms with E-state index in [1.54, 1.807) is 0 Å². The Labute approximate surface area is 134 Å². The molecule has 3 aliphatic rings. The van der Waals surface area contributed by atoms with Gasteiger partial charge in [-0.05, 0) is 30.4 Å². The minimum absolute atomic E-state index is 0.0672. The largest absolute Gasteiger partial charge is 0.487 e. The highest BCUT2D eigenvalue weighted by Crippen LogP contribution is 2.42. The van der Waals surface area contributed by atoms with Crippen molar-refractivity contribution in [2.24, 2.45) is 0 Å². The van der Waals surface area contributed by atoms with Gasteiger partial charge in [-0.25, -0.2) is 0 Å². The Kier molecular flexibility index (Phi) is 2.65. The summed E-state index contributed by atoms with van der Waals surface area (Å²) in [7, 11) is 0. The lowest BCUT2D eigenvalue weighted by atomic mass is 10.1. The standard InChI is InChI=1S/C19H15NO3/c1-2-6-15-13(5-1)20-14-10-19-18(9-12(14)11-21-15)22-16-7-3-4-8-17(16)23-19/h1-10,16-17,20H,11H2. The highest BCUT2D eigenvalue weighted by atomic mass is 16.6. The van der Waals surface area contributed by atoms with Crippen LogP contribution in [0.15, 0.2) is 60.7 Å². The number of anilines is 2. The fraction of sp³-hybridized carbons (Fsp3) is 0.158. The number of fused-ring (bicyclic) bond motifs is 4. The van der Waals surface area contributed by atoms with Crippen LogP contribution in [0, 0.1) is 0 Å². The first-order valence-corrected chi connectivity index (χ1v) is 7.71. The molecule has 2 aromatic carbocycles. The van der Waals surface area contributed by atoms with Gasteiger partial charge in [-0.3, -0.25) is 0 Å². The molecule has 0 fully saturated rings. The number of rotatable bonds is 0. The maximum absolute atomic E-state index is 6.09. The SMILES string of the molecule is C1=CC2Oc3cc4c(cc3OC2C=C1)Nc1ccccc1OC4. The van der Waals surface area contributed by atoms with Gasteiger partial charge < -0.3 is 19.5 Å². The number of hydrogen-bond acceptors (Lipinski definition) is 4. The molecule has 5 rings (SSSR count). The van der Waals surface area contributed by atoms with Crippen LogP contribution in [0.1, 0.15) is 5.56 Å². The van der Waals surface area contributed by atoms with Crippen LogP contribution in [0.2, 0.25) is 0 Å². The van der Waals surface area contributed by atoms with E-state index in [-0.39, 0.29) is 12.2 Å². The third kappa shape index (κ3) is 2.06. The molecular weight excluding hydrogens is 290 g/mol. The van der Waals surface area contributed by atoms with Crippen molar-refractivity contribution in [1.82, 2.24) is 0 Å². The van der Waals surface area contributed by atoms with E-state index in [1.807, 2.05) is 60.7 Å². The molecule has 4 nitrogen and oxygen atoms in total. The monoisotopic (exact) mass is 305 g/mol. The van der Waals surface area contributed by atoms with Gasteiger partial charge in [0, 0.05) is 17.3 Å². The Morgan fingerprint density at radius 2 is 1.57 bits per heavy atom. The van der Waals surface area contributed by atoms with E-state index in [0.29, 0.717) is 6.61 Å². The molecule has 1 N–H and O–H groups in total. The molecule has 2 unspecified atom stereocenters. The molecule has 114 valence electrons. The number of ether oxygens (including phenoxy) is 3. The fourth-order valence-corrected chi connectivity index (χ4v) is 3.09. The van der Waals surface area contributed by atoms with Gasteiger partial charge in [0.1, 0.15) is 12.4 Å². The molecule has 23 heavy (non-hydrogen) atoms. The van der Waals surface area contributed by atoms with E-state index in [4.69, 9.17) is 14.2 Å². The first-order chi connectivity index (χ1) is 11.4. The second-order valence-corrected chi connectivity index (χ2v) is 5.80. The summed E-state index contributed by atoms with van der Waals surface area (Å²) in [5.74, 6) is 2.38. The van der Waals surface area contributed by atoms with Crippen molar-refractivity contribution in [2.45, 2.75) is 18.8 Å². The fourth-order valence-electron chi connectivity index (χ4n) is 3.09. The van der Waals surface area contributed by atoms with Gasteiger partial charge in [-0.2, -0.15) is 0 Å². The molecule has 4 heteroatoms. The third-order valence-corrected chi connectivity index (χ3v) is 4.27. The first-order valence-electron chi connectivity index (χ1n) is 7.71. The first kappa shape index (κ1) is 12.6. The van der Waals surface area contributed by atoms with Crippen LogP contribution in [0.4, 0.5) is 11.4 Å². The van der Waals surface area contributed by atoms with Crippen LogP contribution in [-0.4, -0.2) is 12.2 Å². The number of hydrogen-bond donors (Lipinski definition) is 1. The van der Waals surface area contributed by atoms with Crippen molar-refractivity contribution in [3.05, 3.63) is 66.3 Å². The molecule has 1 aliphatic carbocycles. The number of benzene rings is 2. The van der Waals surface area contributed by atoms with Crippen LogP contribution in [0.3, 0.4) is 0 Å². The van der Waals surface area contributed by atoms with Gasteiger partial charge in [0.2, 0.25) is 0 Å². The molecule has 0 spiro atoms. The zero-order valence-electron chi connectivity index (χ0n) is 12.4. The van der Waals surface area contributed by atoms with E-state index in [9.17, 15) is 0 Å². The zero-order chi connectivity index (χ0) is 15.2. The van der Waals surface area contributed by atoms with Gasteiger partial charge in [0.15, 0.2) is 23.7 Å². The number of nitrogens with one attached hydrogen (secondary N) is 1. The van der Waals surface area contributed by atoms with Crippen molar-refractivity contribution in [3.8, 4) is 17.2 Å². The molecule has 0 amide bonds. The summed E-state index contributed by atoms with van der Waals surface area (Å²) in [6, 6.07) is 11.9. The number of allylic oxidation sites excluding steroid dienone is 2. The molecule has 0 saturated heterocycles. The Hall–Kier alpha value is -2.88. The Morgan fingerprint density at radius 1 is 0.826 bits per heavy atom. The predicted molar refractivity (Wildman–Crippen MR) is 87.6 cm³/mol. The summed E-state index contributed by atoms with van der Waals surface area (Å²) in [5.41, 5.74) is 3.00. The number of para-hydroxylation sites is 2. The Bertz CT molecular complexity index is 841. The quantitative estimate of drug-likeness (QED) is 0.800. The van der Waals surface area contributed by atoms with Crippen molar-refractivity contribution in [1.29, 1.82) is 0 Å². The van der Waals surface area contributed by atoms with E-state index in [1.165, 1.54) is 0 Å². The van der Waals surface area contributed by atoms with Gasteiger partial charge in [-0.1, -0.05) is 24.3 Å². The van der Waals surface area contributed by atoms with Gasteiger partial charge in [0.25, 0.3) is 0 Å². The van der Waals surface area contributed by atoms with E-state index < -0.39 is 0 Å². The average molecular weight is 305 g/mol. The zero-order valence-corrected chi connectivity index (χ0v) is 12.4. The van der Waals surface area contributed by atoms with Crippen LogP contribution in [-0.2, 0) is 6.61 Å². The molecule has 0 bridgehead atoms. The van der Waals surface area contributed by atoms with Crippen molar-refractivity contribution in [2.75, 3.05) is 5.32 Å². The van der Waals surface area contributed by atoms with Crippen molar-refractivity contribution in [3.63, 3.8) is 0 Å². The summed E-state index contributed by atoms with van der Waals surface area (Å²) < 4.78 is 18.0. The Morgan fingerprint density at radius 3 is 2.39 bits per heavy atom. The van der Waals surface area contributed by atoms with E-state index in [2.05, 4.69) is 5.32 Å². The summed E-state index contributed by atoms with van der Waals surface area (Å²) in [4.78, 5) is 0. The maximum atomic E-state index is 6.09. The molecule has 2 aliphatic heterocycles. The van der Waals surface area contributed by atoms with Crippen LogP contribution in [0.25, 0.3) is 0 Å². The molecule has 0 radical (unpaired) electrons.